The second kappa shape index (κ2) is 11.2. The number of carbonyl (C=O) groups excluding carboxylic acids is 2. The van der Waals surface area contributed by atoms with Crippen LogP contribution in [0.3, 0.4) is 0 Å². The van der Waals surface area contributed by atoms with Gasteiger partial charge in [0.25, 0.3) is 5.91 Å². The maximum absolute atomic E-state index is 12.7. The standard InChI is InChI=1S/C22H26N2O9S/c1-29-18-12-16(13-19(30-2)21(18)31-3)23-20(25)14-33-22(26)15-4-6-17(7-5-15)34(27,28)24-8-10-32-11-9-24/h4-7,12-13H,8-11,14H2,1-3H3,(H,23,25). The fraction of sp³-hybridized carbons (Fsp3) is 0.364. The van der Waals surface area contributed by atoms with E-state index in [1.54, 1.807) is 0 Å². The molecule has 1 N–H and O–H groups in total. The molecule has 0 spiro atoms. The lowest BCUT2D eigenvalue weighted by atomic mass is 10.2. The maximum Gasteiger partial charge on any atom is 0.338 e. The van der Waals surface area contributed by atoms with Crippen molar-refractivity contribution >= 4 is 27.6 Å². The van der Waals surface area contributed by atoms with Gasteiger partial charge in [-0.25, -0.2) is 13.2 Å². The van der Waals surface area contributed by atoms with Crippen molar-refractivity contribution in [1.29, 1.82) is 0 Å². The van der Waals surface area contributed by atoms with Crippen LogP contribution in [0.15, 0.2) is 41.3 Å². The minimum absolute atomic E-state index is 0.0612. The molecule has 1 amide bonds. The van der Waals surface area contributed by atoms with E-state index in [2.05, 4.69) is 5.32 Å². The molecule has 0 unspecified atom stereocenters. The number of rotatable bonds is 9. The monoisotopic (exact) mass is 494 g/mol. The highest BCUT2D eigenvalue weighted by molar-refractivity contribution is 7.89. The summed E-state index contributed by atoms with van der Waals surface area (Å²) in [4.78, 5) is 24.6. The van der Waals surface area contributed by atoms with Crippen LogP contribution < -0.4 is 19.5 Å². The van der Waals surface area contributed by atoms with E-state index in [0.717, 1.165) is 0 Å². The molecule has 0 atom stereocenters. The third kappa shape index (κ3) is 5.76. The van der Waals surface area contributed by atoms with Gasteiger partial charge >= 0.3 is 5.97 Å². The Hall–Kier alpha value is -3.35. The minimum atomic E-state index is -3.67. The molecule has 2 aromatic rings. The predicted octanol–water partition coefficient (Wildman–Crippen LogP) is 1.53. The number of benzene rings is 2. The summed E-state index contributed by atoms with van der Waals surface area (Å²) < 4.78 is 52.6. The molecule has 2 aromatic carbocycles. The second-order valence-corrected chi connectivity index (χ2v) is 9.02. The Morgan fingerprint density at radius 2 is 1.56 bits per heavy atom. The average molecular weight is 495 g/mol. The van der Waals surface area contributed by atoms with Crippen LogP contribution in [0.1, 0.15) is 10.4 Å². The van der Waals surface area contributed by atoms with E-state index in [0.29, 0.717) is 36.1 Å². The van der Waals surface area contributed by atoms with Crippen LogP contribution in [-0.2, 0) is 24.3 Å². The molecule has 3 rings (SSSR count). The summed E-state index contributed by atoms with van der Waals surface area (Å²) in [6.45, 7) is 0.660. The lowest BCUT2D eigenvalue weighted by molar-refractivity contribution is -0.119. The van der Waals surface area contributed by atoms with Crippen molar-refractivity contribution in [3.05, 3.63) is 42.0 Å². The smallest absolute Gasteiger partial charge is 0.338 e. The highest BCUT2D eigenvalue weighted by Crippen LogP contribution is 2.39. The molecule has 34 heavy (non-hydrogen) atoms. The molecule has 1 aliphatic rings. The number of sulfonamides is 1. The van der Waals surface area contributed by atoms with E-state index < -0.39 is 28.5 Å². The van der Waals surface area contributed by atoms with Gasteiger partial charge in [-0.3, -0.25) is 4.79 Å². The van der Waals surface area contributed by atoms with Gasteiger partial charge in [0.15, 0.2) is 18.1 Å². The zero-order chi connectivity index (χ0) is 24.7. The van der Waals surface area contributed by atoms with Crippen molar-refractivity contribution in [3.63, 3.8) is 0 Å². The number of nitrogens with one attached hydrogen (secondary N) is 1. The Morgan fingerprint density at radius 1 is 0.971 bits per heavy atom. The number of ether oxygens (including phenoxy) is 5. The quantitative estimate of drug-likeness (QED) is 0.516. The first-order valence-corrected chi connectivity index (χ1v) is 11.7. The van der Waals surface area contributed by atoms with Crippen molar-refractivity contribution in [2.24, 2.45) is 0 Å². The average Bonchev–Trinajstić information content (AvgIpc) is 2.87. The van der Waals surface area contributed by atoms with E-state index in [4.69, 9.17) is 23.7 Å². The third-order valence-electron chi connectivity index (χ3n) is 4.98. The van der Waals surface area contributed by atoms with Gasteiger partial charge in [-0.1, -0.05) is 0 Å². The number of hydrogen-bond donors (Lipinski definition) is 1. The van der Waals surface area contributed by atoms with Crippen LogP contribution in [0, 0.1) is 0 Å². The van der Waals surface area contributed by atoms with E-state index in [-0.39, 0.29) is 23.5 Å². The molecule has 1 heterocycles. The highest BCUT2D eigenvalue weighted by Gasteiger charge is 2.26. The van der Waals surface area contributed by atoms with Gasteiger partial charge in [-0.15, -0.1) is 0 Å². The Balaban J connectivity index is 1.60. The maximum atomic E-state index is 12.7. The molecule has 1 aliphatic heterocycles. The van der Waals surface area contributed by atoms with E-state index >= 15 is 0 Å². The Bertz CT molecular complexity index is 1100. The van der Waals surface area contributed by atoms with Gasteiger partial charge in [-0.05, 0) is 24.3 Å². The topological polar surface area (TPSA) is 130 Å². The van der Waals surface area contributed by atoms with E-state index in [9.17, 15) is 18.0 Å². The lowest BCUT2D eigenvalue weighted by Crippen LogP contribution is -2.40. The molecular weight excluding hydrogens is 468 g/mol. The van der Waals surface area contributed by atoms with E-state index in [1.165, 1.54) is 62.0 Å². The first-order valence-electron chi connectivity index (χ1n) is 10.2. The predicted molar refractivity (Wildman–Crippen MR) is 121 cm³/mol. The summed E-state index contributed by atoms with van der Waals surface area (Å²) in [5.41, 5.74) is 0.467. The zero-order valence-corrected chi connectivity index (χ0v) is 19.8. The number of nitrogens with zero attached hydrogens (tertiary/aromatic N) is 1. The number of hydrogen-bond acceptors (Lipinski definition) is 9. The number of methoxy groups -OCH3 is 3. The second-order valence-electron chi connectivity index (χ2n) is 7.08. The summed E-state index contributed by atoms with van der Waals surface area (Å²) in [5, 5.41) is 2.59. The Morgan fingerprint density at radius 3 is 2.09 bits per heavy atom. The van der Waals surface area contributed by atoms with Crippen LogP contribution in [0.5, 0.6) is 17.2 Å². The molecule has 1 fully saturated rings. The van der Waals surface area contributed by atoms with Gasteiger partial charge in [-0.2, -0.15) is 4.31 Å². The summed E-state index contributed by atoms with van der Waals surface area (Å²) >= 11 is 0. The summed E-state index contributed by atoms with van der Waals surface area (Å²) in [6, 6.07) is 8.41. The number of esters is 1. The van der Waals surface area contributed by atoms with Crippen LogP contribution in [0.2, 0.25) is 0 Å². The number of carbonyl (C=O) groups is 2. The van der Waals surface area contributed by atoms with Gasteiger partial charge in [0.1, 0.15) is 0 Å². The summed E-state index contributed by atoms with van der Waals surface area (Å²) in [6.07, 6.45) is 0. The van der Waals surface area contributed by atoms with Crippen molar-refractivity contribution in [3.8, 4) is 17.2 Å². The molecule has 0 aromatic heterocycles. The van der Waals surface area contributed by atoms with Crippen LogP contribution in [0.25, 0.3) is 0 Å². The molecule has 11 nitrogen and oxygen atoms in total. The number of morpholine rings is 1. The van der Waals surface area contributed by atoms with Gasteiger partial charge in [0, 0.05) is 30.9 Å². The molecule has 0 radical (unpaired) electrons. The SMILES string of the molecule is COc1cc(NC(=O)COC(=O)c2ccc(S(=O)(=O)N3CCOCC3)cc2)cc(OC)c1OC. The summed E-state index contributed by atoms with van der Waals surface area (Å²) in [5.74, 6) is -0.291. The van der Waals surface area contributed by atoms with Crippen molar-refractivity contribution in [1.82, 2.24) is 4.31 Å². The zero-order valence-electron chi connectivity index (χ0n) is 19.0. The fourth-order valence-electron chi connectivity index (χ4n) is 3.26. The van der Waals surface area contributed by atoms with Crippen molar-refractivity contribution < 1.29 is 41.7 Å². The molecule has 12 heteroatoms. The molecular formula is C22H26N2O9S. The van der Waals surface area contributed by atoms with E-state index in [1.807, 2.05) is 0 Å². The highest BCUT2D eigenvalue weighted by atomic mass is 32.2. The van der Waals surface area contributed by atoms with Crippen molar-refractivity contribution in [2.75, 3.05) is 59.6 Å². The van der Waals surface area contributed by atoms with Gasteiger partial charge in [0.2, 0.25) is 15.8 Å². The minimum Gasteiger partial charge on any atom is -0.493 e. The lowest BCUT2D eigenvalue weighted by Gasteiger charge is -2.26. The van der Waals surface area contributed by atoms with Crippen LogP contribution >= 0.6 is 0 Å². The normalized spacial score (nSPS) is 14.2. The molecule has 184 valence electrons. The first-order chi connectivity index (χ1) is 16.3. The largest absolute Gasteiger partial charge is 0.493 e. The Kier molecular flexibility index (Phi) is 8.31. The van der Waals surface area contributed by atoms with Gasteiger partial charge in [0.05, 0.1) is 45.0 Å². The Labute approximate surface area is 197 Å². The fourth-order valence-corrected chi connectivity index (χ4v) is 4.67. The number of anilines is 1. The first kappa shape index (κ1) is 25.3. The number of amides is 1. The molecule has 0 aliphatic carbocycles. The third-order valence-corrected chi connectivity index (χ3v) is 6.89. The summed E-state index contributed by atoms with van der Waals surface area (Å²) in [7, 11) is 0.680. The molecule has 0 saturated carbocycles. The van der Waals surface area contributed by atoms with Crippen LogP contribution in [-0.4, -0.2) is 78.8 Å². The van der Waals surface area contributed by atoms with Gasteiger partial charge < -0.3 is 29.0 Å². The molecule has 0 bridgehead atoms. The van der Waals surface area contributed by atoms with Crippen molar-refractivity contribution in [2.45, 2.75) is 4.90 Å². The van der Waals surface area contributed by atoms with Crippen LogP contribution in [0.4, 0.5) is 5.69 Å². The molecule has 1 saturated heterocycles.